The van der Waals surface area contributed by atoms with Crippen LogP contribution in [0.15, 0.2) is 108 Å². The number of rotatable bonds is 11. The van der Waals surface area contributed by atoms with Crippen LogP contribution in [0.3, 0.4) is 0 Å². The molecule has 1 heterocycles. The van der Waals surface area contributed by atoms with E-state index < -0.39 is 6.04 Å². The molecule has 1 aromatic heterocycles. The summed E-state index contributed by atoms with van der Waals surface area (Å²) in [7, 11) is 0. The second-order valence-corrected chi connectivity index (χ2v) is 10.9. The highest BCUT2D eigenvalue weighted by atomic mass is 16.2. The molecule has 4 aromatic carbocycles. The molecule has 5 heteroatoms. The Kier molecular flexibility index (Phi) is 9.28. The molecule has 1 unspecified atom stereocenters. The third kappa shape index (κ3) is 6.36. The van der Waals surface area contributed by atoms with E-state index in [1.807, 2.05) is 103 Å². The van der Waals surface area contributed by atoms with E-state index in [-0.39, 0.29) is 11.5 Å². The topological polar surface area (TPSA) is 55.2 Å². The minimum absolute atomic E-state index is 0.0956. The molecule has 214 valence electrons. The maximum absolute atomic E-state index is 14.2. The van der Waals surface area contributed by atoms with Gasteiger partial charge in [0.05, 0.1) is 22.6 Å². The second-order valence-electron chi connectivity index (χ2n) is 10.9. The van der Waals surface area contributed by atoms with Gasteiger partial charge in [0.1, 0.15) is 5.82 Å². The summed E-state index contributed by atoms with van der Waals surface area (Å²) in [6.45, 7) is 6.66. The van der Waals surface area contributed by atoms with Crippen molar-refractivity contribution in [3.8, 4) is 5.69 Å². The number of unbranched alkanes of at least 4 members (excludes halogenated alkanes) is 2. The van der Waals surface area contributed by atoms with Crippen molar-refractivity contribution in [2.75, 3.05) is 0 Å². The fourth-order valence-electron chi connectivity index (χ4n) is 5.42. The highest BCUT2D eigenvalue weighted by Crippen LogP contribution is 2.27. The van der Waals surface area contributed by atoms with Gasteiger partial charge in [0, 0.05) is 12.1 Å². The van der Waals surface area contributed by atoms with Crippen molar-refractivity contribution in [1.29, 1.82) is 0 Å². The van der Waals surface area contributed by atoms with Crippen molar-refractivity contribution in [2.24, 2.45) is 0 Å². The van der Waals surface area contributed by atoms with E-state index in [0.717, 1.165) is 30.5 Å². The lowest BCUT2D eigenvalue weighted by Crippen LogP contribution is -2.37. The number of hydrogen-bond acceptors (Lipinski definition) is 3. The van der Waals surface area contributed by atoms with Gasteiger partial charge in [-0.15, -0.1) is 0 Å². The first kappa shape index (κ1) is 29.0. The van der Waals surface area contributed by atoms with Crippen LogP contribution in [0.25, 0.3) is 16.6 Å². The molecule has 0 N–H and O–H groups in total. The Morgan fingerprint density at radius 3 is 2.14 bits per heavy atom. The minimum Gasteiger partial charge on any atom is -0.324 e. The van der Waals surface area contributed by atoms with Gasteiger partial charge in [0.15, 0.2) is 0 Å². The Morgan fingerprint density at radius 2 is 1.45 bits per heavy atom. The summed E-state index contributed by atoms with van der Waals surface area (Å²) in [6.07, 6.45) is 5.44. The molecule has 0 bridgehead atoms. The van der Waals surface area contributed by atoms with Gasteiger partial charge in [-0.25, -0.2) is 4.98 Å². The maximum Gasteiger partial charge on any atom is 0.266 e. The standard InChI is InChI=1S/C37H39N3O2/c1-4-6-8-13-29-18-22-31(23-19-29)36(41)39(26-30-14-9-7-10-15-30)27(3)35-38-34-17-12-11-16-33(34)37(42)40(35)32-24-20-28(5-2)21-25-32/h7,9-12,14-25,27H,4-6,8,13,26H2,1-3H3. The molecular weight excluding hydrogens is 518 g/mol. The molecule has 5 rings (SSSR count). The zero-order chi connectivity index (χ0) is 29.5. The molecule has 0 saturated heterocycles. The first-order valence-electron chi connectivity index (χ1n) is 15.0. The first-order valence-corrected chi connectivity index (χ1v) is 15.0. The molecule has 5 aromatic rings. The SMILES string of the molecule is CCCCCc1ccc(C(=O)N(Cc2ccccc2)C(C)c2nc3ccccc3c(=O)n2-c2ccc(CC)cc2)cc1. The molecule has 1 atom stereocenters. The number of hydrogen-bond donors (Lipinski definition) is 0. The van der Waals surface area contributed by atoms with Gasteiger partial charge in [-0.2, -0.15) is 0 Å². The number of carbonyl (C=O) groups excluding carboxylic acids is 1. The van der Waals surface area contributed by atoms with E-state index in [0.29, 0.717) is 28.8 Å². The lowest BCUT2D eigenvalue weighted by molar-refractivity contribution is 0.0664. The summed E-state index contributed by atoms with van der Waals surface area (Å²) >= 11 is 0. The number of fused-ring (bicyclic) bond motifs is 1. The van der Waals surface area contributed by atoms with Crippen LogP contribution in [0, 0.1) is 0 Å². The molecular formula is C37H39N3O2. The van der Waals surface area contributed by atoms with Crippen molar-refractivity contribution in [2.45, 2.75) is 65.5 Å². The Morgan fingerprint density at radius 1 is 0.786 bits per heavy atom. The van der Waals surface area contributed by atoms with Crippen LogP contribution in [-0.4, -0.2) is 20.4 Å². The van der Waals surface area contributed by atoms with E-state index in [1.165, 1.54) is 24.0 Å². The predicted molar refractivity (Wildman–Crippen MR) is 171 cm³/mol. The summed E-state index contributed by atoms with van der Waals surface area (Å²) in [6, 6.07) is 32.9. The average molecular weight is 558 g/mol. The lowest BCUT2D eigenvalue weighted by atomic mass is 10.0. The van der Waals surface area contributed by atoms with E-state index in [9.17, 15) is 9.59 Å². The van der Waals surface area contributed by atoms with Gasteiger partial charge in [0.2, 0.25) is 0 Å². The van der Waals surface area contributed by atoms with Gasteiger partial charge in [-0.3, -0.25) is 14.2 Å². The quantitative estimate of drug-likeness (QED) is 0.154. The van der Waals surface area contributed by atoms with Crippen LogP contribution in [-0.2, 0) is 19.4 Å². The molecule has 0 aliphatic carbocycles. The van der Waals surface area contributed by atoms with Gasteiger partial charge < -0.3 is 4.90 Å². The number of aromatic nitrogens is 2. The third-order valence-electron chi connectivity index (χ3n) is 7.97. The monoisotopic (exact) mass is 557 g/mol. The Hall–Kier alpha value is -4.51. The summed E-state index contributed by atoms with van der Waals surface area (Å²) < 4.78 is 1.68. The van der Waals surface area contributed by atoms with E-state index in [1.54, 1.807) is 4.57 Å². The average Bonchev–Trinajstić information content (AvgIpc) is 3.04. The van der Waals surface area contributed by atoms with Gasteiger partial charge in [-0.1, -0.05) is 93.4 Å². The van der Waals surface area contributed by atoms with Crippen molar-refractivity contribution in [1.82, 2.24) is 14.5 Å². The lowest BCUT2D eigenvalue weighted by Gasteiger charge is -2.31. The number of carbonyl (C=O) groups is 1. The summed E-state index contributed by atoms with van der Waals surface area (Å²) in [5, 5.41) is 0.549. The predicted octanol–water partition coefficient (Wildman–Crippen LogP) is 8.08. The molecule has 42 heavy (non-hydrogen) atoms. The van der Waals surface area contributed by atoms with E-state index in [4.69, 9.17) is 4.98 Å². The van der Waals surface area contributed by atoms with Crippen LogP contribution in [0.5, 0.6) is 0 Å². The van der Waals surface area contributed by atoms with Gasteiger partial charge >= 0.3 is 0 Å². The number of para-hydroxylation sites is 1. The third-order valence-corrected chi connectivity index (χ3v) is 7.97. The van der Waals surface area contributed by atoms with Crippen molar-refractivity contribution >= 4 is 16.8 Å². The van der Waals surface area contributed by atoms with Crippen molar-refractivity contribution < 1.29 is 4.79 Å². The largest absolute Gasteiger partial charge is 0.324 e. The van der Waals surface area contributed by atoms with Gasteiger partial charge in [0.25, 0.3) is 11.5 Å². The maximum atomic E-state index is 14.2. The Labute approximate surface area is 248 Å². The Balaban J connectivity index is 1.60. The minimum atomic E-state index is -0.495. The molecule has 0 aliphatic heterocycles. The zero-order valence-electron chi connectivity index (χ0n) is 24.8. The fraction of sp³-hybridized carbons (Fsp3) is 0.270. The number of benzene rings is 4. The summed E-state index contributed by atoms with van der Waals surface area (Å²) in [5.41, 5.74) is 5.28. The van der Waals surface area contributed by atoms with Crippen LogP contribution in [0.4, 0.5) is 0 Å². The van der Waals surface area contributed by atoms with E-state index >= 15 is 0 Å². The second kappa shape index (κ2) is 13.4. The number of aryl methyl sites for hydroxylation is 2. The highest BCUT2D eigenvalue weighted by molar-refractivity contribution is 5.94. The first-order chi connectivity index (χ1) is 20.5. The summed E-state index contributed by atoms with van der Waals surface area (Å²) in [4.78, 5) is 35.1. The number of nitrogens with zero attached hydrogens (tertiary/aromatic N) is 3. The normalized spacial score (nSPS) is 11.9. The summed E-state index contributed by atoms with van der Waals surface area (Å²) in [5.74, 6) is 0.435. The zero-order valence-corrected chi connectivity index (χ0v) is 24.8. The van der Waals surface area contributed by atoms with Gasteiger partial charge in [-0.05, 0) is 79.3 Å². The van der Waals surface area contributed by atoms with Crippen LogP contribution in [0.2, 0.25) is 0 Å². The molecule has 0 saturated carbocycles. The molecule has 5 nitrogen and oxygen atoms in total. The smallest absolute Gasteiger partial charge is 0.266 e. The Bertz CT molecular complexity index is 1690. The molecule has 0 aliphatic rings. The van der Waals surface area contributed by atoms with Crippen LogP contribution < -0.4 is 5.56 Å². The highest BCUT2D eigenvalue weighted by Gasteiger charge is 2.28. The van der Waals surface area contributed by atoms with Crippen LogP contribution in [0.1, 0.15) is 78.9 Å². The molecule has 0 radical (unpaired) electrons. The van der Waals surface area contributed by atoms with E-state index in [2.05, 4.69) is 26.0 Å². The number of amides is 1. The molecule has 0 spiro atoms. The van der Waals surface area contributed by atoms with Crippen LogP contribution >= 0.6 is 0 Å². The molecule has 0 fully saturated rings. The van der Waals surface area contributed by atoms with Crippen molar-refractivity contribution in [3.05, 3.63) is 142 Å². The fourth-order valence-corrected chi connectivity index (χ4v) is 5.42. The molecule has 1 amide bonds. The van der Waals surface area contributed by atoms with Crippen molar-refractivity contribution in [3.63, 3.8) is 0 Å².